The fourth-order valence-electron chi connectivity index (χ4n) is 2.26. The molecule has 0 radical (unpaired) electrons. The number of halogens is 2. The molecule has 0 fully saturated rings. The van der Waals surface area contributed by atoms with Crippen LogP contribution in [0.15, 0.2) is 18.2 Å². The lowest BCUT2D eigenvalue weighted by Gasteiger charge is -2.27. The lowest BCUT2D eigenvalue weighted by Crippen LogP contribution is -2.42. The molecule has 112 valence electrons. The van der Waals surface area contributed by atoms with Gasteiger partial charge in [-0.15, -0.1) is 5.10 Å². The van der Waals surface area contributed by atoms with E-state index in [2.05, 4.69) is 15.5 Å². The molecule has 21 heavy (non-hydrogen) atoms. The molecule has 6 nitrogen and oxygen atoms in total. The number of tetrazole rings is 1. The van der Waals surface area contributed by atoms with Gasteiger partial charge in [0.1, 0.15) is 5.82 Å². The Balaban J connectivity index is 2.64. The van der Waals surface area contributed by atoms with Gasteiger partial charge in [0.05, 0.1) is 0 Å². The van der Waals surface area contributed by atoms with Crippen LogP contribution in [-0.2, 0) is 10.3 Å². The largest absolute Gasteiger partial charge is 0.479 e. The van der Waals surface area contributed by atoms with Gasteiger partial charge in [-0.1, -0.05) is 13.8 Å². The summed E-state index contributed by atoms with van der Waals surface area (Å²) in [5, 5.41) is 21.0. The van der Waals surface area contributed by atoms with Crippen molar-refractivity contribution in [1.82, 2.24) is 20.2 Å². The number of carboxylic acid groups (broad SMARTS) is 1. The van der Waals surface area contributed by atoms with E-state index in [-0.39, 0.29) is 5.82 Å². The third-order valence-corrected chi connectivity index (χ3v) is 4.51. The van der Waals surface area contributed by atoms with Gasteiger partial charge in [-0.3, -0.25) is 0 Å². The summed E-state index contributed by atoms with van der Waals surface area (Å²) < 4.78 is 15.2. The molecule has 0 aliphatic heterocycles. The number of hydrogen-bond donors (Lipinski definition) is 1. The van der Waals surface area contributed by atoms with Gasteiger partial charge in [-0.2, -0.15) is 0 Å². The SMILES string of the molecule is CCC(CC)(C(=O)O)n1nnnc1-c1ccc(F)cc1I. The van der Waals surface area contributed by atoms with Crippen molar-refractivity contribution in [2.45, 2.75) is 32.2 Å². The summed E-state index contributed by atoms with van der Waals surface area (Å²) in [4.78, 5) is 11.7. The maximum absolute atomic E-state index is 13.2. The van der Waals surface area contributed by atoms with Crippen LogP contribution >= 0.6 is 22.6 Å². The van der Waals surface area contributed by atoms with Crippen molar-refractivity contribution >= 4 is 28.6 Å². The number of carboxylic acids is 1. The summed E-state index contributed by atoms with van der Waals surface area (Å²) in [6.45, 7) is 3.55. The Morgan fingerprint density at radius 1 is 1.43 bits per heavy atom. The maximum atomic E-state index is 13.2. The zero-order chi connectivity index (χ0) is 15.6. The van der Waals surface area contributed by atoms with Crippen molar-refractivity contribution in [2.24, 2.45) is 0 Å². The molecule has 1 aromatic heterocycles. The zero-order valence-electron chi connectivity index (χ0n) is 11.5. The van der Waals surface area contributed by atoms with E-state index in [9.17, 15) is 14.3 Å². The van der Waals surface area contributed by atoms with Crippen LogP contribution in [0.25, 0.3) is 11.4 Å². The molecule has 0 saturated heterocycles. The van der Waals surface area contributed by atoms with E-state index in [1.807, 2.05) is 22.6 Å². The molecule has 2 aromatic rings. The molecule has 0 bridgehead atoms. The van der Waals surface area contributed by atoms with E-state index >= 15 is 0 Å². The van der Waals surface area contributed by atoms with E-state index in [1.54, 1.807) is 19.9 Å². The average molecular weight is 404 g/mol. The average Bonchev–Trinajstić information content (AvgIpc) is 2.90. The smallest absolute Gasteiger partial charge is 0.331 e. The van der Waals surface area contributed by atoms with Crippen molar-refractivity contribution in [2.75, 3.05) is 0 Å². The first-order valence-corrected chi connectivity index (χ1v) is 7.51. The van der Waals surface area contributed by atoms with Crippen LogP contribution in [0.2, 0.25) is 0 Å². The van der Waals surface area contributed by atoms with Crippen LogP contribution in [-0.4, -0.2) is 31.3 Å². The van der Waals surface area contributed by atoms with Gasteiger partial charge in [0.2, 0.25) is 0 Å². The number of aliphatic carboxylic acids is 1. The van der Waals surface area contributed by atoms with Crippen LogP contribution in [0.4, 0.5) is 4.39 Å². The third kappa shape index (κ3) is 2.63. The highest BCUT2D eigenvalue weighted by Gasteiger charge is 2.40. The first-order valence-electron chi connectivity index (χ1n) is 6.44. The second-order valence-electron chi connectivity index (χ2n) is 4.58. The predicted octanol–water partition coefficient (Wildman–Crippen LogP) is 2.68. The molecule has 0 spiro atoms. The standard InChI is InChI=1S/C13H14FIN4O2/c1-3-13(4-2,12(20)21)19-11(16-17-18-19)9-6-5-8(14)7-10(9)15/h5-7H,3-4H2,1-2H3,(H,20,21). The Kier molecular flexibility index (Phi) is 4.55. The lowest BCUT2D eigenvalue weighted by atomic mass is 9.92. The number of nitrogens with zero attached hydrogens (tertiary/aromatic N) is 4. The molecular formula is C13H14FIN4O2. The van der Waals surface area contributed by atoms with E-state index in [0.29, 0.717) is 27.8 Å². The highest BCUT2D eigenvalue weighted by Crippen LogP contribution is 2.31. The third-order valence-electron chi connectivity index (χ3n) is 3.61. The molecule has 1 heterocycles. The minimum absolute atomic E-state index is 0.325. The number of hydrogen-bond acceptors (Lipinski definition) is 4. The molecule has 8 heteroatoms. The Morgan fingerprint density at radius 2 is 2.10 bits per heavy atom. The summed E-state index contributed by atoms with van der Waals surface area (Å²) in [5.41, 5.74) is -0.606. The molecule has 1 N–H and O–H groups in total. The van der Waals surface area contributed by atoms with Crippen molar-refractivity contribution in [3.05, 3.63) is 27.6 Å². The fourth-order valence-corrected chi connectivity index (χ4v) is 2.98. The van der Waals surface area contributed by atoms with Gasteiger partial charge in [-0.25, -0.2) is 13.9 Å². The molecule has 1 aromatic carbocycles. The summed E-state index contributed by atoms with van der Waals surface area (Å²) in [6, 6.07) is 4.21. The molecule has 0 unspecified atom stereocenters. The van der Waals surface area contributed by atoms with Gasteiger partial charge in [0.25, 0.3) is 0 Å². The van der Waals surface area contributed by atoms with E-state index in [0.717, 1.165) is 0 Å². The van der Waals surface area contributed by atoms with E-state index in [4.69, 9.17) is 0 Å². The van der Waals surface area contributed by atoms with Crippen LogP contribution in [0.5, 0.6) is 0 Å². The number of rotatable bonds is 5. The van der Waals surface area contributed by atoms with E-state index in [1.165, 1.54) is 16.8 Å². The molecule has 0 aliphatic carbocycles. The molecule has 0 atom stereocenters. The first-order chi connectivity index (χ1) is 9.96. The summed E-state index contributed by atoms with van der Waals surface area (Å²) in [6.07, 6.45) is 0.684. The fraction of sp³-hybridized carbons (Fsp3) is 0.385. The molecule has 0 amide bonds. The second kappa shape index (κ2) is 6.04. The van der Waals surface area contributed by atoms with Gasteiger partial charge < -0.3 is 5.11 Å². The number of aromatic nitrogens is 4. The van der Waals surface area contributed by atoms with Crippen LogP contribution in [0, 0.1) is 9.39 Å². The Morgan fingerprint density at radius 3 is 2.62 bits per heavy atom. The van der Waals surface area contributed by atoms with Gasteiger partial charge >= 0.3 is 5.97 Å². The topological polar surface area (TPSA) is 80.9 Å². The Labute approximate surface area is 134 Å². The van der Waals surface area contributed by atoms with Crippen molar-refractivity contribution in [1.29, 1.82) is 0 Å². The highest BCUT2D eigenvalue weighted by atomic mass is 127. The Bertz CT molecular complexity index is 670. The van der Waals surface area contributed by atoms with Gasteiger partial charge in [-0.05, 0) is 64.1 Å². The van der Waals surface area contributed by atoms with Crippen LogP contribution in [0.1, 0.15) is 26.7 Å². The van der Waals surface area contributed by atoms with E-state index < -0.39 is 11.5 Å². The van der Waals surface area contributed by atoms with Crippen molar-refractivity contribution in [3.8, 4) is 11.4 Å². The maximum Gasteiger partial charge on any atom is 0.331 e. The monoisotopic (exact) mass is 404 g/mol. The first kappa shape index (κ1) is 15.8. The summed E-state index contributed by atoms with van der Waals surface area (Å²) in [7, 11) is 0. The second-order valence-corrected chi connectivity index (χ2v) is 5.74. The molecular weight excluding hydrogens is 390 g/mol. The van der Waals surface area contributed by atoms with Crippen LogP contribution < -0.4 is 0 Å². The zero-order valence-corrected chi connectivity index (χ0v) is 13.7. The number of carbonyl (C=O) groups is 1. The van der Waals surface area contributed by atoms with Gasteiger partial charge in [0, 0.05) is 9.13 Å². The predicted molar refractivity (Wildman–Crippen MR) is 82.1 cm³/mol. The molecule has 0 saturated carbocycles. The lowest BCUT2D eigenvalue weighted by molar-refractivity contribution is -0.148. The Hall–Kier alpha value is -1.58. The van der Waals surface area contributed by atoms with Crippen molar-refractivity contribution < 1.29 is 14.3 Å². The minimum atomic E-state index is -1.21. The van der Waals surface area contributed by atoms with Crippen molar-refractivity contribution in [3.63, 3.8) is 0 Å². The van der Waals surface area contributed by atoms with Gasteiger partial charge in [0.15, 0.2) is 11.4 Å². The summed E-state index contributed by atoms with van der Waals surface area (Å²) in [5.74, 6) is -1.03. The molecule has 0 aliphatic rings. The quantitative estimate of drug-likeness (QED) is 0.776. The normalized spacial score (nSPS) is 11.6. The summed E-state index contributed by atoms with van der Waals surface area (Å²) >= 11 is 1.98. The number of benzene rings is 1. The van der Waals surface area contributed by atoms with Crippen LogP contribution in [0.3, 0.4) is 0 Å². The highest BCUT2D eigenvalue weighted by molar-refractivity contribution is 14.1. The minimum Gasteiger partial charge on any atom is -0.479 e. The molecule has 2 rings (SSSR count).